The lowest BCUT2D eigenvalue weighted by Crippen LogP contribution is -2.55. The molecule has 1 amide bonds. The quantitative estimate of drug-likeness (QED) is 0.535. The largest absolute Gasteiger partial charge is 0.477 e. The van der Waals surface area contributed by atoms with Gasteiger partial charge in [-0.3, -0.25) is 4.79 Å². The number of nitrogens with zero attached hydrogens (tertiary/aromatic N) is 1. The molecule has 0 saturated carbocycles. The van der Waals surface area contributed by atoms with Crippen LogP contribution in [0.4, 0.5) is 0 Å². The second-order valence-electron chi connectivity index (χ2n) is 7.50. The van der Waals surface area contributed by atoms with Crippen LogP contribution in [0.5, 0.6) is 5.75 Å². The number of ether oxygens (including phenoxy) is 1. The summed E-state index contributed by atoms with van der Waals surface area (Å²) in [5.74, 6) is 0.482. The summed E-state index contributed by atoms with van der Waals surface area (Å²) in [6.07, 6.45) is -3.37. The van der Waals surface area contributed by atoms with Crippen molar-refractivity contribution in [2.75, 3.05) is 20.7 Å². The van der Waals surface area contributed by atoms with Gasteiger partial charge in [-0.15, -0.1) is 11.8 Å². The molecular formula is C22H27NO6S. The molecule has 0 radical (unpaired) electrons. The summed E-state index contributed by atoms with van der Waals surface area (Å²) in [6, 6.07) is 14.7. The van der Waals surface area contributed by atoms with Gasteiger partial charge in [-0.2, -0.15) is 0 Å². The molecule has 0 spiro atoms. The van der Waals surface area contributed by atoms with E-state index < -0.39 is 29.0 Å². The first kappa shape index (κ1) is 22.6. The number of carbonyl (C=O) groups is 1. The molecule has 1 aliphatic rings. The SMILES string of the molecule is CN(C)C(=O)c1ccc(Cc2ccccc2OC2SC(CO)C(O)C(O)C2O)cc1. The molecule has 1 aliphatic heterocycles. The van der Waals surface area contributed by atoms with E-state index in [2.05, 4.69) is 0 Å². The summed E-state index contributed by atoms with van der Waals surface area (Å²) in [5, 5.41) is 39.1. The molecule has 1 saturated heterocycles. The molecule has 0 aromatic heterocycles. The number of rotatable bonds is 6. The van der Waals surface area contributed by atoms with Crippen molar-refractivity contribution in [2.24, 2.45) is 0 Å². The Labute approximate surface area is 179 Å². The highest BCUT2D eigenvalue weighted by Crippen LogP contribution is 2.35. The van der Waals surface area contributed by atoms with E-state index in [9.17, 15) is 25.2 Å². The van der Waals surface area contributed by atoms with E-state index in [-0.39, 0.29) is 12.5 Å². The molecule has 5 atom stereocenters. The van der Waals surface area contributed by atoms with Gasteiger partial charge in [0.05, 0.1) is 18.0 Å². The number of aliphatic hydroxyl groups is 4. The molecule has 162 valence electrons. The zero-order valence-corrected chi connectivity index (χ0v) is 17.7. The van der Waals surface area contributed by atoms with Crippen LogP contribution in [-0.4, -0.2) is 80.9 Å². The summed E-state index contributed by atoms with van der Waals surface area (Å²) in [6.45, 7) is -0.338. The third-order valence-electron chi connectivity index (χ3n) is 5.07. The Balaban J connectivity index is 1.76. The maximum atomic E-state index is 12.0. The predicted molar refractivity (Wildman–Crippen MR) is 115 cm³/mol. The van der Waals surface area contributed by atoms with Crippen LogP contribution in [0, 0.1) is 0 Å². The fourth-order valence-electron chi connectivity index (χ4n) is 3.30. The summed E-state index contributed by atoms with van der Waals surface area (Å²) in [4.78, 5) is 13.6. The average molecular weight is 434 g/mol. The molecule has 5 unspecified atom stereocenters. The van der Waals surface area contributed by atoms with Gasteiger partial charge in [0.15, 0.2) is 5.44 Å². The standard InChI is InChI=1S/C22H27NO6S/c1-23(2)21(28)14-9-7-13(8-10-14)11-15-5-3-4-6-16(15)29-22-20(27)19(26)18(25)17(12-24)30-22/h3-10,17-20,22,24-27H,11-12H2,1-2H3. The fraction of sp³-hybridized carbons (Fsp3) is 0.409. The van der Waals surface area contributed by atoms with Gasteiger partial charge in [-0.25, -0.2) is 0 Å². The number of para-hydroxylation sites is 1. The van der Waals surface area contributed by atoms with E-state index in [1.807, 2.05) is 30.3 Å². The highest BCUT2D eigenvalue weighted by Gasteiger charge is 2.44. The van der Waals surface area contributed by atoms with Gasteiger partial charge in [0.2, 0.25) is 0 Å². The van der Waals surface area contributed by atoms with Crippen LogP contribution in [0.1, 0.15) is 21.5 Å². The summed E-state index contributed by atoms with van der Waals surface area (Å²) >= 11 is 1.09. The van der Waals surface area contributed by atoms with E-state index in [0.29, 0.717) is 17.7 Å². The van der Waals surface area contributed by atoms with E-state index in [0.717, 1.165) is 22.9 Å². The average Bonchev–Trinajstić information content (AvgIpc) is 2.75. The molecule has 8 heteroatoms. The van der Waals surface area contributed by atoms with Crippen molar-refractivity contribution in [2.45, 2.75) is 35.4 Å². The Bertz CT molecular complexity index is 857. The zero-order valence-electron chi connectivity index (χ0n) is 16.9. The lowest BCUT2D eigenvalue weighted by atomic mass is 10.0. The minimum absolute atomic E-state index is 0.0622. The number of carbonyl (C=O) groups excluding carboxylic acids is 1. The number of thioether (sulfide) groups is 1. The number of hydrogen-bond donors (Lipinski definition) is 4. The Morgan fingerprint density at radius 1 is 1.00 bits per heavy atom. The molecule has 0 aliphatic carbocycles. The van der Waals surface area contributed by atoms with Crippen LogP contribution >= 0.6 is 11.8 Å². The third kappa shape index (κ3) is 4.96. The zero-order chi connectivity index (χ0) is 21.8. The smallest absolute Gasteiger partial charge is 0.253 e. The molecule has 0 bridgehead atoms. The number of aliphatic hydroxyl groups excluding tert-OH is 4. The van der Waals surface area contributed by atoms with Gasteiger partial charge < -0.3 is 30.1 Å². The highest BCUT2D eigenvalue weighted by atomic mass is 32.2. The van der Waals surface area contributed by atoms with Crippen molar-refractivity contribution in [1.29, 1.82) is 0 Å². The fourth-order valence-corrected chi connectivity index (χ4v) is 4.53. The van der Waals surface area contributed by atoms with Crippen LogP contribution in [0.25, 0.3) is 0 Å². The first-order valence-electron chi connectivity index (χ1n) is 9.67. The summed E-state index contributed by atoms with van der Waals surface area (Å²) < 4.78 is 5.99. The van der Waals surface area contributed by atoms with E-state index in [1.54, 1.807) is 32.3 Å². The van der Waals surface area contributed by atoms with Crippen LogP contribution < -0.4 is 4.74 Å². The van der Waals surface area contributed by atoms with Crippen molar-refractivity contribution in [1.82, 2.24) is 4.90 Å². The topological polar surface area (TPSA) is 110 Å². The van der Waals surface area contributed by atoms with Gasteiger partial charge in [0.25, 0.3) is 5.91 Å². The van der Waals surface area contributed by atoms with Gasteiger partial charge in [0, 0.05) is 26.1 Å². The van der Waals surface area contributed by atoms with E-state index in [4.69, 9.17) is 4.74 Å². The van der Waals surface area contributed by atoms with E-state index in [1.165, 1.54) is 4.90 Å². The minimum atomic E-state index is -1.40. The normalized spacial score (nSPS) is 26.3. The Hall–Kier alpha value is -2.10. The van der Waals surface area contributed by atoms with Crippen LogP contribution in [-0.2, 0) is 6.42 Å². The number of amides is 1. The molecule has 30 heavy (non-hydrogen) atoms. The van der Waals surface area contributed by atoms with Crippen molar-refractivity contribution in [3.63, 3.8) is 0 Å². The van der Waals surface area contributed by atoms with Gasteiger partial charge in [-0.1, -0.05) is 30.3 Å². The van der Waals surface area contributed by atoms with Crippen molar-refractivity contribution < 1.29 is 30.0 Å². The first-order valence-corrected chi connectivity index (χ1v) is 10.6. The molecule has 3 rings (SSSR count). The highest BCUT2D eigenvalue weighted by molar-refractivity contribution is 8.00. The Kier molecular flexibility index (Phi) is 7.38. The molecule has 1 heterocycles. The summed E-state index contributed by atoms with van der Waals surface area (Å²) in [7, 11) is 3.41. The van der Waals surface area contributed by atoms with Crippen LogP contribution in [0.2, 0.25) is 0 Å². The monoisotopic (exact) mass is 433 g/mol. The maximum absolute atomic E-state index is 12.0. The van der Waals surface area contributed by atoms with Crippen LogP contribution in [0.15, 0.2) is 48.5 Å². The van der Waals surface area contributed by atoms with Crippen molar-refractivity contribution in [3.8, 4) is 5.75 Å². The Morgan fingerprint density at radius 3 is 2.30 bits per heavy atom. The third-order valence-corrected chi connectivity index (χ3v) is 6.49. The molecule has 4 N–H and O–H groups in total. The second-order valence-corrected chi connectivity index (χ2v) is 8.84. The van der Waals surface area contributed by atoms with E-state index >= 15 is 0 Å². The first-order chi connectivity index (χ1) is 14.3. The molecule has 2 aromatic rings. The van der Waals surface area contributed by atoms with Crippen molar-refractivity contribution in [3.05, 3.63) is 65.2 Å². The molecule has 2 aromatic carbocycles. The lowest BCUT2D eigenvalue weighted by Gasteiger charge is -2.39. The summed E-state index contributed by atoms with van der Waals surface area (Å²) in [5.41, 5.74) is 1.64. The van der Waals surface area contributed by atoms with Crippen molar-refractivity contribution >= 4 is 17.7 Å². The minimum Gasteiger partial charge on any atom is -0.477 e. The van der Waals surface area contributed by atoms with Gasteiger partial charge in [0.1, 0.15) is 18.0 Å². The molecule has 7 nitrogen and oxygen atoms in total. The second kappa shape index (κ2) is 9.80. The van der Waals surface area contributed by atoms with Gasteiger partial charge >= 0.3 is 0 Å². The number of hydrogen-bond acceptors (Lipinski definition) is 7. The van der Waals surface area contributed by atoms with Crippen LogP contribution in [0.3, 0.4) is 0 Å². The molecular weight excluding hydrogens is 406 g/mol. The lowest BCUT2D eigenvalue weighted by molar-refractivity contribution is -0.0910. The number of benzene rings is 2. The maximum Gasteiger partial charge on any atom is 0.253 e. The predicted octanol–water partition coefficient (Wildman–Crippen LogP) is 0.874. The Morgan fingerprint density at radius 2 is 1.67 bits per heavy atom. The van der Waals surface area contributed by atoms with Gasteiger partial charge in [-0.05, 0) is 29.3 Å². The molecule has 1 fully saturated rings.